The van der Waals surface area contributed by atoms with Gasteiger partial charge in [-0.15, -0.1) is 0 Å². The van der Waals surface area contributed by atoms with Crippen LogP contribution in [0.2, 0.25) is 0 Å². The lowest BCUT2D eigenvalue weighted by molar-refractivity contribution is 0.795. The molecule has 3 aromatic carbocycles. The van der Waals surface area contributed by atoms with E-state index in [-0.39, 0.29) is 0 Å². The van der Waals surface area contributed by atoms with E-state index >= 15 is 0 Å². The molecule has 0 nitrogen and oxygen atoms in total. The van der Waals surface area contributed by atoms with E-state index < -0.39 is 9.52 Å². The first-order valence-corrected chi connectivity index (χ1v) is 14.7. The molecular weight excluding hydrogens is 424 g/mol. The van der Waals surface area contributed by atoms with Crippen LogP contribution < -0.4 is 5.19 Å². The van der Waals surface area contributed by atoms with E-state index in [4.69, 9.17) is 0 Å². The Balaban J connectivity index is 1.74. The number of hydrogen-bond acceptors (Lipinski definition) is 0. The summed E-state index contributed by atoms with van der Waals surface area (Å²) in [7, 11) is -0.528. The average molecular weight is 465 g/mol. The van der Waals surface area contributed by atoms with Crippen molar-refractivity contribution in [2.75, 3.05) is 0 Å². The number of unbranched alkanes of at least 4 members (excludes halogenated alkanes) is 2. The van der Waals surface area contributed by atoms with Gasteiger partial charge in [0.05, 0.1) is 9.52 Å². The highest BCUT2D eigenvalue weighted by molar-refractivity contribution is 6.63. The predicted molar refractivity (Wildman–Crippen MR) is 154 cm³/mol. The Morgan fingerprint density at radius 3 is 1.82 bits per heavy atom. The molecule has 176 valence electrons. The summed E-state index contributed by atoms with van der Waals surface area (Å²) < 4.78 is 0. The molecule has 0 aromatic heterocycles. The van der Waals surface area contributed by atoms with Gasteiger partial charge in [-0.1, -0.05) is 121 Å². The van der Waals surface area contributed by atoms with E-state index in [0.29, 0.717) is 0 Å². The first-order chi connectivity index (χ1) is 16.6. The fourth-order valence-corrected chi connectivity index (χ4v) is 7.40. The molecule has 1 aliphatic rings. The van der Waals surface area contributed by atoms with Gasteiger partial charge in [0.1, 0.15) is 0 Å². The zero-order valence-electron chi connectivity index (χ0n) is 21.6. The van der Waals surface area contributed by atoms with Crippen LogP contribution >= 0.6 is 0 Å². The Morgan fingerprint density at radius 2 is 1.29 bits per heavy atom. The minimum atomic E-state index is -0.528. The summed E-state index contributed by atoms with van der Waals surface area (Å²) in [5, 5.41) is 3.27. The van der Waals surface area contributed by atoms with Gasteiger partial charge in [-0.2, -0.15) is 0 Å². The molecule has 0 unspecified atom stereocenters. The van der Waals surface area contributed by atoms with Crippen LogP contribution in [0.25, 0.3) is 22.3 Å². The molecule has 0 fully saturated rings. The quantitative estimate of drug-likeness (QED) is 0.266. The number of rotatable bonds is 10. The topological polar surface area (TPSA) is 0 Å². The molecule has 3 aromatic rings. The second-order valence-electron chi connectivity index (χ2n) is 10.1. The minimum absolute atomic E-state index is 0.528. The Hall–Kier alpha value is -2.64. The molecule has 0 N–H and O–H groups in total. The SMILES string of the molecule is CCCCc1ccc(-c2cccc([SiH2]C3=C(C)C=C(C)C3)c2-c2ccc(CCCC)cc2)cc1. The summed E-state index contributed by atoms with van der Waals surface area (Å²) in [6, 6.07) is 25.8. The molecule has 4 rings (SSSR count). The van der Waals surface area contributed by atoms with Crippen molar-refractivity contribution in [3.05, 3.63) is 100 Å². The van der Waals surface area contributed by atoms with E-state index in [2.05, 4.69) is 101 Å². The Morgan fingerprint density at radius 1 is 0.706 bits per heavy atom. The van der Waals surface area contributed by atoms with Crippen molar-refractivity contribution < 1.29 is 0 Å². The fraction of sp³-hybridized carbons (Fsp3) is 0.333. The van der Waals surface area contributed by atoms with Crippen LogP contribution in [0.4, 0.5) is 0 Å². The number of benzene rings is 3. The van der Waals surface area contributed by atoms with E-state index in [0.717, 1.165) is 0 Å². The van der Waals surface area contributed by atoms with Crippen LogP contribution in [-0.2, 0) is 12.8 Å². The summed E-state index contributed by atoms with van der Waals surface area (Å²) in [6.45, 7) is 9.12. The normalized spacial score (nSPS) is 13.8. The third kappa shape index (κ3) is 5.88. The third-order valence-corrected chi connectivity index (χ3v) is 9.42. The summed E-state index contributed by atoms with van der Waals surface area (Å²) in [5.41, 5.74) is 11.5. The number of allylic oxidation sites excluding steroid dienone is 4. The standard InChI is InChI=1S/C33H40Si/c1-5-7-10-26-14-18-28(19-15-26)30-12-9-13-31(34-32-23-24(3)22-25(32)4)33(30)29-20-16-27(17-21-29)11-8-6-2/h9,12-22H,5-8,10-11,23,34H2,1-4H3. The summed E-state index contributed by atoms with van der Waals surface area (Å²) in [5.74, 6) is 0. The van der Waals surface area contributed by atoms with Crippen molar-refractivity contribution in [3.8, 4) is 22.3 Å². The minimum Gasteiger partial charge on any atom is -0.0758 e. The molecule has 0 amide bonds. The van der Waals surface area contributed by atoms with E-state index in [1.807, 2.05) is 0 Å². The van der Waals surface area contributed by atoms with Gasteiger partial charge in [-0.25, -0.2) is 0 Å². The molecule has 0 bridgehead atoms. The maximum Gasteiger partial charge on any atom is 0.0840 e. The molecule has 1 heteroatoms. The van der Waals surface area contributed by atoms with Gasteiger partial charge >= 0.3 is 0 Å². The molecule has 0 atom stereocenters. The van der Waals surface area contributed by atoms with Crippen LogP contribution in [0, 0.1) is 0 Å². The van der Waals surface area contributed by atoms with Crippen molar-refractivity contribution in [3.63, 3.8) is 0 Å². The molecule has 0 radical (unpaired) electrons. The Bertz CT molecular complexity index is 1160. The van der Waals surface area contributed by atoms with Crippen molar-refractivity contribution in [1.82, 2.24) is 0 Å². The van der Waals surface area contributed by atoms with Crippen molar-refractivity contribution in [2.24, 2.45) is 0 Å². The first-order valence-electron chi connectivity index (χ1n) is 13.2. The van der Waals surface area contributed by atoms with Gasteiger partial charge in [0.25, 0.3) is 0 Å². The zero-order valence-corrected chi connectivity index (χ0v) is 23.0. The van der Waals surface area contributed by atoms with Gasteiger partial charge in [0, 0.05) is 0 Å². The highest BCUT2D eigenvalue weighted by Gasteiger charge is 2.17. The highest BCUT2D eigenvalue weighted by Crippen LogP contribution is 2.33. The van der Waals surface area contributed by atoms with Crippen LogP contribution in [0.15, 0.2) is 89.1 Å². The van der Waals surface area contributed by atoms with Gasteiger partial charge in [0.2, 0.25) is 0 Å². The molecule has 0 saturated carbocycles. The highest BCUT2D eigenvalue weighted by atomic mass is 28.2. The second-order valence-corrected chi connectivity index (χ2v) is 12.0. The predicted octanol–water partition coefficient (Wildman–Crippen LogP) is 8.12. The van der Waals surface area contributed by atoms with E-state index in [1.54, 1.807) is 10.4 Å². The van der Waals surface area contributed by atoms with E-state index in [1.165, 1.54) is 89.5 Å². The van der Waals surface area contributed by atoms with E-state index in [9.17, 15) is 0 Å². The molecule has 0 heterocycles. The first kappa shape index (κ1) is 24.5. The molecular formula is C33H40Si. The van der Waals surface area contributed by atoms with Gasteiger partial charge < -0.3 is 0 Å². The summed E-state index contributed by atoms with van der Waals surface area (Å²) in [6.07, 6.45) is 10.9. The van der Waals surface area contributed by atoms with Gasteiger partial charge in [0.15, 0.2) is 0 Å². The lowest BCUT2D eigenvalue weighted by atomic mass is 9.92. The molecule has 34 heavy (non-hydrogen) atoms. The monoisotopic (exact) mass is 464 g/mol. The molecule has 1 aliphatic carbocycles. The lowest BCUT2D eigenvalue weighted by Gasteiger charge is -2.18. The smallest absolute Gasteiger partial charge is 0.0758 e. The average Bonchev–Trinajstić information content (AvgIpc) is 3.18. The summed E-state index contributed by atoms with van der Waals surface area (Å²) >= 11 is 0. The van der Waals surface area contributed by atoms with Crippen LogP contribution in [0.3, 0.4) is 0 Å². The maximum atomic E-state index is 2.40. The second kappa shape index (κ2) is 11.7. The maximum absolute atomic E-state index is 2.40. The Kier molecular flexibility index (Phi) is 8.40. The molecule has 0 spiro atoms. The fourth-order valence-electron chi connectivity index (χ4n) is 5.21. The van der Waals surface area contributed by atoms with Crippen molar-refractivity contribution in [2.45, 2.75) is 72.6 Å². The molecule has 0 saturated heterocycles. The summed E-state index contributed by atoms with van der Waals surface area (Å²) in [4.78, 5) is 0. The number of hydrogen-bond donors (Lipinski definition) is 0. The Labute approximate surface area is 209 Å². The van der Waals surface area contributed by atoms with Crippen LogP contribution in [0.5, 0.6) is 0 Å². The lowest BCUT2D eigenvalue weighted by Crippen LogP contribution is -2.20. The zero-order chi connectivity index (χ0) is 23.9. The largest absolute Gasteiger partial charge is 0.0840 e. The van der Waals surface area contributed by atoms with Crippen molar-refractivity contribution >= 4 is 14.7 Å². The van der Waals surface area contributed by atoms with Crippen LogP contribution in [-0.4, -0.2) is 9.52 Å². The van der Waals surface area contributed by atoms with Gasteiger partial charge in [-0.3, -0.25) is 0 Å². The third-order valence-electron chi connectivity index (χ3n) is 7.21. The van der Waals surface area contributed by atoms with Crippen molar-refractivity contribution in [1.29, 1.82) is 0 Å². The van der Waals surface area contributed by atoms with Gasteiger partial charge in [-0.05, 0) is 79.3 Å². The number of aryl methyl sites for hydroxylation is 2. The molecule has 0 aliphatic heterocycles. The van der Waals surface area contributed by atoms with Crippen LogP contribution in [0.1, 0.15) is 70.9 Å².